The smallest absolute Gasteiger partial charge is 0.322 e. The van der Waals surface area contributed by atoms with Crippen molar-refractivity contribution < 1.29 is 53.1 Å². The van der Waals surface area contributed by atoms with Crippen molar-refractivity contribution in [3.8, 4) is 0 Å². The fourth-order valence-electron chi connectivity index (χ4n) is 5.28. The topological polar surface area (TPSA) is 328 Å². The van der Waals surface area contributed by atoms with Gasteiger partial charge in [-0.2, -0.15) is 0 Å². The Bertz CT molecular complexity index is 1420. The second kappa shape index (κ2) is 22.2. The monoisotopic (exact) mass is 751 g/mol. The van der Waals surface area contributed by atoms with Gasteiger partial charge in [-0.1, -0.05) is 6.58 Å². The maximum Gasteiger partial charge on any atom is 0.322 e. The zero-order valence-electron chi connectivity index (χ0n) is 29.5. The largest absolute Gasteiger partial charge is 0.480 e. The van der Waals surface area contributed by atoms with E-state index >= 15 is 0 Å². The van der Waals surface area contributed by atoms with Gasteiger partial charge < -0.3 is 63.6 Å². The highest BCUT2D eigenvalue weighted by Crippen LogP contribution is 2.21. The average Bonchev–Trinajstić information content (AvgIpc) is 3.84. The molecule has 0 radical (unpaired) electrons. The van der Waals surface area contributed by atoms with Crippen molar-refractivity contribution >= 4 is 59.1 Å². The average molecular weight is 752 g/mol. The number of nitrogens with zero attached hydrogens (tertiary/aromatic N) is 1. The third-order valence-corrected chi connectivity index (χ3v) is 8.07. The van der Waals surface area contributed by atoms with E-state index < -0.39 is 104 Å². The first-order chi connectivity index (χ1) is 25.1. The summed E-state index contributed by atoms with van der Waals surface area (Å²) in [6.07, 6.45) is 2.25. The van der Waals surface area contributed by atoms with Gasteiger partial charge in [0, 0.05) is 18.7 Å². The Hall–Kier alpha value is -5.80. The molecule has 4 unspecified atom stereocenters. The normalized spacial score (nSPS) is 17.3. The number of carbonyl (C=O) groups excluding carboxylic acids is 9. The molecule has 294 valence electrons. The fraction of sp³-hybridized carbons (Fsp3) is 0.613. The third-order valence-electron chi connectivity index (χ3n) is 8.07. The standard InChI is InChI=1S/C31H49N11O11/c1-17(34-16-28(49)50)21-6-4-10-42(21)27(48)15-39-29(51)18(2)40-25(46)13-36-23(44)11-35-24(45)12-37-31(53)20(7-8-22(32)43)41-26(47)14-38-30(52)19-5-3-9-33-19/h18-21,33-34H,1,3-16H2,2H3,(H2,32,43)(H,35,45)(H,36,44)(H,37,53)(H,38,52)(H,39,51)(H,40,46)(H,41,47)(H,49,50). The summed E-state index contributed by atoms with van der Waals surface area (Å²) >= 11 is 0. The van der Waals surface area contributed by atoms with Gasteiger partial charge in [-0.25, -0.2) is 0 Å². The summed E-state index contributed by atoms with van der Waals surface area (Å²) in [6.45, 7) is 3.35. The summed E-state index contributed by atoms with van der Waals surface area (Å²) in [5.74, 6) is -7.12. The second-order valence-electron chi connectivity index (χ2n) is 12.3. The molecule has 2 heterocycles. The van der Waals surface area contributed by atoms with Crippen molar-refractivity contribution in [3.63, 3.8) is 0 Å². The highest BCUT2D eigenvalue weighted by atomic mass is 16.4. The predicted octanol–water partition coefficient (Wildman–Crippen LogP) is -6.25. The van der Waals surface area contributed by atoms with E-state index in [4.69, 9.17) is 10.8 Å². The van der Waals surface area contributed by atoms with Gasteiger partial charge in [-0.3, -0.25) is 47.9 Å². The lowest BCUT2D eigenvalue weighted by molar-refractivity contribution is -0.136. The van der Waals surface area contributed by atoms with E-state index in [1.54, 1.807) is 0 Å². The van der Waals surface area contributed by atoms with Crippen LogP contribution in [-0.2, 0) is 47.9 Å². The van der Waals surface area contributed by atoms with Crippen LogP contribution >= 0.6 is 0 Å². The van der Waals surface area contributed by atoms with Gasteiger partial charge in [0.25, 0.3) is 0 Å². The van der Waals surface area contributed by atoms with E-state index in [2.05, 4.69) is 54.4 Å². The fourth-order valence-corrected chi connectivity index (χ4v) is 5.28. The molecule has 53 heavy (non-hydrogen) atoms. The molecule has 0 spiro atoms. The van der Waals surface area contributed by atoms with Crippen LogP contribution in [-0.4, -0.2) is 146 Å². The molecule has 0 aromatic carbocycles. The molecule has 0 saturated carbocycles. The van der Waals surface area contributed by atoms with Crippen molar-refractivity contribution in [3.05, 3.63) is 12.3 Å². The maximum absolute atomic E-state index is 12.7. The molecule has 9 amide bonds. The molecule has 4 atom stereocenters. The molecule has 0 bridgehead atoms. The van der Waals surface area contributed by atoms with Crippen molar-refractivity contribution in [2.75, 3.05) is 52.4 Å². The van der Waals surface area contributed by atoms with Crippen molar-refractivity contribution in [1.29, 1.82) is 0 Å². The molecule has 12 N–H and O–H groups in total. The molecule has 2 saturated heterocycles. The van der Waals surface area contributed by atoms with E-state index in [1.807, 2.05) is 0 Å². The van der Waals surface area contributed by atoms with Crippen LogP contribution in [0.2, 0.25) is 0 Å². The summed E-state index contributed by atoms with van der Waals surface area (Å²) in [5, 5.41) is 30.9. The van der Waals surface area contributed by atoms with Gasteiger partial charge in [0.1, 0.15) is 18.6 Å². The molecule has 0 aliphatic carbocycles. The van der Waals surface area contributed by atoms with Gasteiger partial charge in [-0.05, 0) is 45.6 Å². The van der Waals surface area contributed by atoms with Gasteiger partial charge in [0.15, 0.2) is 0 Å². The maximum atomic E-state index is 12.7. The molecule has 0 aromatic heterocycles. The van der Waals surface area contributed by atoms with Crippen LogP contribution in [0.3, 0.4) is 0 Å². The molecule has 2 rings (SSSR count). The number of carboxylic acid groups (broad SMARTS) is 1. The minimum absolute atomic E-state index is 0.180. The lowest BCUT2D eigenvalue weighted by Crippen LogP contribution is -2.52. The molecule has 2 aliphatic rings. The number of hydrogen-bond donors (Lipinski definition) is 11. The zero-order valence-corrected chi connectivity index (χ0v) is 29.5. The summed E-state index contributed by atoms with van der Waals surface area (Å²) in [6, 6.07) is -3.18. The number of aliphatic carboxylic acids is 1. The van der Waals surface area contributed by atoms with Crippen LogP contribution in [0.1, 0.15) is 45.4 Å². The number of nitrogens with two attached hydrogens (primary N) is 1. The first-order valence-electron chi connectivity index (χ1n) is 17.0. The number of likely N-dealkylation sites (tertiary alicyclic amines) is 1. The Balaban J connectivity index is 1.68. The van der Waals surface area contributed by atoms with E-state index in [9.17, 15) is 47.9 Å². The Morgan fingerprint density at radius 3 is 1.98 bits per heavy atom. The van der Waals surface area contributed by atoms with Crippen LogP contribution in [0.25, 0.3) is 0 Å². The molecule has 2 fully saturated rings. The SMILES string of the molecule is C=C(NCC(=O)O)C1CCCN1C(=O)CNC(=O)C(C)NC(=O)CNC(=O)CNC(=O)CNC(=O)C(CCC(N)=O)NC(=O)CNC(=O)C1CCCN1. The molecule has 2 aliphatic heterocycles. The first-order valence-corrected chi connectivity index (χ1v) is 17.0. The number of carboxylic acids is 1. The van der Waals surface area contributed by atoms with E-state index in [1.165, 1.54) is 11.8 Å². The van der Waals surface area contributed by atoms with Gasteiger partial charge in [0.2, 0.25) is 53.2 Å². The first kappa shape index (κ1) is 43.4. The number of amides is 9. The van der Waals surface area contributed by atoms with Crippen molar-refractivity contribution in [2.45, 2.75) is 69.6 Å². The van der Waals surface area contributed by atoms with E-state index in [0.29, 0.717) is 38.0 Å². The van der Waals surface area contributed by atoms with E-state index in [0.717, 1.165) is 6.42 Å². The zero-order chi connectivity index (χ0) is 39.5. The Labute approximate surface area is 304 Å². The highest BCUT2D eigenvalue weighted by Gasteiger charge is 2.31. The molecular formula is C31H49N11O11. The predicted molar refractivity (Wildman–Crippen MR) is 184 cm³/mol. The van der Waals surface area contributed by atoms with Crippen LogP contribution in [0.15, 0.2) is 12.3 Å². The van der Waals surface area contributed by atoms with Crippen molar-refractivity contribution in [1.82, 2.24) is 52.8 Å². The molecule has 22 heteroatoms. The lowest BCUT2D eigenvalue weighted by atomic mass is 10.1. The molecular weight excluding hydrogens is 702 g/mol. The van der Waals surface area contributed by atoms with Gasteiger partial charge in [-0.15, -0.1) is 0 Å². The Morgan fingerprint density at radius 2 is 1.36 bits per heavy atom. The lowest BCUT2D eigenvalue weighted by Gasteiger charge is -2.27. The Morgan fingerprint density at radius 1 is 0.755 bits per heavy atom. The van der Waals surface area contributed by atoms with Gasteiger partial charge in [0.05, 0.1) is 44.8 Å². The second-order valence-corrected chi connectivity index (χ2v) is 12.3. The van der Waals surface area contributed by atoms with Crippen LogP contribution in [0.4, 0.5) is 0 Å². The minimum Gasteiger partial charge on any atom is -0.480 e. The van der Waals surface area contributed by atoms with Crippen LogP contribution < -0.4 is 53.6 Å². The third kappa shape index (κ3) is 16.4. The number of hydrogen-bond acceptors (Lipinski definition) is 12. The molecule has 22 nitrogen and oxygen atoms in total. The number of nitrogens with one attached hydrogen (secondary N) is 9. The Kier molecular flexibility index (Phi) is 18.2. The quantitative estimate of drug-likeness (QED) is 0.0491. The van der Waals surface area contributed by atoms with E-state index in [-0.39, 0.29) is 31.8 Å². The number of rotatable bonds is 22. The van der Waals surface area contributed by atoms with Gasteiger partial charge >= 0.3 is 5.97 Å². The summed E-state index contributed by atoms with van der Waals surface area (Å²) in [5.41, 5.74) is 5.53. The van der Waals surface area contributed by atoms with Crippen LogP contribution in [0.5, 0.6) is 0 Å². The number of carbonyl (C=O) groups is 10. The summed E-state index contributed by atoms with van der Waals surface area (Å²) < 4.78 is 0. The minimum atomic E-state index is -1.26. The molecule has 0 aromatic rings. The summed E-state index contributed by atoms with van der Waals surface area (Å²) in [7, 11) is 0. The summed E-state index contributed by atoms with van der Waals surface area (Å²) in [4.78, 5) is 122. The number of primary amides is 1. The highest BCUT2D eigenvalue weighted by molar-refractivity contribution is 5.94. The van der Waals surface area contributed by atoms with Crippen LogP contribution in [0, 0.1) is 0 Å². The van der Waals surface area contributed by atoms with Crippen molar-refractivity contribution in [2.24, 2.45) is 5.73 Å².